The predicted molar refractivity (Wildman–Crippen MR) is 93.7 cm³/mol. The summed E-state index contributed by atoms with van der Waals surface area (Å²) < 4.78 is 0. The highest BCUT2D eigenvalue weighted by Crippen LogP contribution is 2.33. The van der Waals surface area contributed by atoms with Gasteiger partial charge in [0.1, 0.15) is 0 Å². The van der Waals surface area contributed by atoms with Crippen molar-refractivity contribution in [3.05, 3.63) is 64.9 Å². The van der Waals surface area contributed by atoms with Crippen LogP contribution in [0.5, 0.6) is 0 Å². The number of amides is 1. The number of fused-ring (bicyclic) bond motifs is 1. The summed E-state index contributed by atoms with van der Waals surface area (Å²) >= 11 is 5.90. The molecular formula is C19H20ClN3O. The molecule has 0 radical (unpaired) electrons. The zero-order valence-electron chi connectivity index (χ0n) is 13.4. The Kier molecular flexibility index (Phi) is 4.25. The molecule has 0 aliphatic carbocycles. The van der Waals surface area contributed by atoms with Gasteiger partial charge in [0.25, 0.3) is 0 Å². The summed E-state index contributed by atoms with van der Waals surface area (Å²) in [5, 5.41) is 0.704. The quantitative estimate of drug-likeness (QED) is 0.857. The van der Waals surface area contributed by atoms with E-state index >= 15 is 0 Å². The average Bonchev–Trinajstić information content (AvgIpc) is 2.93. The molecule has 0 bridgehead atoms. The number of benzene rings is 1. The number of halogens is 1. The minimum atomic E-state index is 0.213. The fraction of sp³-hybridized carbons (Fsp3) is 0.368. The normalized spacial score (nSPS) is 23.0. The molecule has 1 amide bonds. The van der Waals surface area contributed by atoms with Crippen molar-refractivity contribution in [2.75, 3.05) is 19.6 Å². The molecule has 2 fully saturated rings. The van der Waals surface area contributed by atoms with Crippen molar-refractivity contribution in [1.29, 1.82) is 0 Å². The van der Waals surface area contributed by atoms with E-state index in [1.165, 1.54) is 0 Å². The Morgan fingerprint density at radius 1 is 1.12 bits per heavy atom. The van der Waals surface area contributed by atoms with Crippen LogP contribution in [0.15, 0.2) is 48.7 Å². The third-order valence-electron chi connectivity index (χ3n) is 5.06. The molecule has 5 heteroatoms. The van der Waals surface area contributed by atoms with Gasteiger partial charge in [-0.05, 0) is 29.8 Å². The largest absolute Gasteiger partial charge is 0.340 e. The maximum absolute atomic E-state index is 12.5. The van der Waals surface area contributed by atoms with Gasteiger partial charge in [-0.25, -0.2) is 0 Å². The topological polar surface area (TPSA) is 36.4 Å². The van der Waals surface area contributed by atoms with Crippen LogP contribution < -0.4 is 0 Å². The zero-order chi connectivity index (χ0) is 16.5. The summed E-state index contributed by atoms with van der Waals surface area (Å²) in [5.41, 5.74) is 2.12. The third-order valence-corrected chi connectivity index (χ3v) is 5.31. The molecule has 2 atom stereocenters. The van der Waals surface area contributed by atoms with E-state index in [1.54, 1.807) is 0 Å². The molecule has 4 nitrogen and oxygen atoms in total. The minimum absolute atomic E-state index is 0.213. The Bertz CT molecular complexity index is 719. The van der Waals surface area contributed by atoms with Crippen molar-refractivity contribution in [1.82, 2.24) is 14.8 Å². The number of likely N-dealkylation sites (tertiary alicyclic amines) is 2. The molecule has 124 valence electrons. The fourth-order valence-electron chi connectivity index (χ4n) is 3.72. The SMILES string of the molecule is O=C(Cc1ccc(Cl)cc1)N1C[C@@H]2CN(Cc3ccccn3)[C@H]2C1. The molecule has 3 heterocycles. The van der Waals surface area contributed by atoms with Crippen molar-refractivity contribution < 1.29 is 4.79 Å². The molecule has 0 unspecified atom stereocenters. The van der Waals surface area contributed by atoms with E-state index in [0.717, 1.165) is 37.4 Å². The molecule has 2 aromatic rings. The van der Waals surface area contributed by atoms with Crippen LogP contribution in [0.25, 0.3) is 0 Å². The third kappa shape index (κ3) is 3.17. The van der Waals surface area contributed by atoms with Crippen LogP contribution in [0.3, 0.4) is 0 Å². The first-order chi connectivity index (χ1) is 11.7. The van der Waals surface area contributed by atoms with Gasteiger partial charge in [0, 0.05) is 49.4 Å². The lowest BCUT2D eigenvalue weighted by Gasteiger charge is -2.43. The molecule has 0 N–H and O–H groups in total. The first kappa shape index (κ1) is 15.6. The second-order valence-corrected chi connectivity index (χ2v) is 7.12. The number of nitrogens with zero attached hydrogens (tertiary/aromatic N) is 3. The van der Waals surface area contributed by atoms with Crippen LogP contribution in [0.4, 0.5) is 0 Å². The number of hydrogen-bond acceptors (Lipinski definition) is 3. The van der Waals surface area contributed by atoms with Gasteiger partial charge in [0.05, 0.1) is 12.1 Å². The fourth-order valence-corrected chi connectivity index (χ4v) is 3.85. The minimum Gasteiger partial charge on any atom is -0.340 e. The average molecular weight is 342 g/mol. The second-order valence-electron chi connectivity index (χ2n) is 6.68. The maximum Gasteiger partial charge on any atom is 0.227 e. The van der Waals surface area contributed by atoms with Crippen molar-refractivity contribution in [2.45, 2.75) is 19.0 Å². The first-order valence-corrected chi connectivity index (χ1v) is 8.73. The van der Waals surface area contributed by atoms with Crippen LogP contribution in [0, 0.1) is 5.92 Å². The number of rotatable bonds is 4. The van der Waals surface area contributed by atoms with Gasteiger partial charge >= 0.3 is 0 Å². The van der Waals surface area contributed by atoms with Gasteiger partial charge < -0.3 is 4.90 Å². The smallest absolute Gasteiger partial charge is 0.227 e. The van der Waals surface area contributed by atoms with Crippen LogP contribution >= 0.6 is 11.6 Å². The van der Waals surface area contributed by atoms with Gasteiger partial charge in [-0.15, -0.1) is 0 Å². The number of pyridine rings is 1. The number of carbonyl (C=O) groups excluding carboxylic acids is 1. The van der Waals surface area contributed by atoms with E-state index in [-0.39, 0.29) is 5.91 Å². The Hall–Kier alpha value is -1.91. The van der Waals surface area contributed by atoms with Gasteiger partial charge in [-0.1, -0.05) is 29.8 Å². The number of carbonyl (C=O) groups is 1. The number of aromatic nitrogens is 1. The first-order valence-electron chi connectivity index (χ1n) is 8.35. The van der Waals surface area contributed by atoms with E-state index in [1.807, 2.05) is 47.5 Å². The Morgan fingerprint density at radius 3 is 2.71 bits per heavy atom. The highest BCUT2D eigenvalue weighted by molar-refractivity contribution is 6.30. The van der Waals surface area contributed by atoms with Crippen molar-refractivity contribution in [2.24, 2.45) is 5.92 Å². The summed E-state index contributed by atoms with van der Waals surface area (Å²) in [5.74, 6) is 0.826. The molecule has 0 saturated carbocycles. The molecule has 4 rings (SSSR count). The lowest BCUT2D eigenvalue weighted by molar-refractivity contribution is -0.129. The van der Waals surface area contributed by atoms with E-state index in [4.69, 9.17) is 11.6 Å². The van der Waals surface area contributed by atoms with Gasteiger partial charge in [-0.3, -0.25) is 14.7 Å². The highest BCUT2D eigenvalue weighted by atomic mass is 35.5. The predicted octanol–water partition coefficient (Wildman–Crippen LogP) is 2.62. The Labute approximate surface area is 147 Å². The molecule has 1 aromatic heterocycles. The van der Waals surface area contributed by atoms with Crippen LogP contribution in [0.1, 0.15) is 11.3 Å². The summed E-state index contributed by atoms with van der Waals surface area (Å²) in [6.45, 7) is 3.66. The Balaban J connectivity index is 1.33. The molecule has 2 aliphatic heterocycles. The molecule has 2 aliphatic rings. The van der Waals surface area contributed by atoms with E-state index < -0.39 is 0 Å². The lowest BCUT2D eigenvalue weighted by Crippen LogP contribution is -2.54. The molecule has 24 heavy (non-hydrogen) atoms. The van der Waals surface area contributed by atoms with E-state index in [9.17, 15) is 4.79 Å². The van der Waals surface area contributed by atoms with Crippen molar-refractivity contribution in [3.8, 4) is 0 Å². The highest BCUT2D eigenvalue weighted by Gasteiger charge is 2.46. The van der Waals surface area contributed by atoms with Crippen LogP contribution in [-0.4, -0.2) is 46.4 Å². The summed E-state index contributed by atoms with van der Waals surface area (Å²) in [4.78, 5) is 21.4. The van der Waals surface area contributed by atoms with Crippen LogP contribution in [0.2, 0.25) is 5.02 Å². The van der Waals surface area contributed by atoms with Gasteiger partial charge in [0.2, 0.25) is 5.91 Å². The van der Waals surface area contributed by atoms with E-state index in [0.29, 0.717) is 23.4 Å². The monoisotopic (exact) mass is 341 g/mol. The van der Waals surface area contributed by atoms with E-state index in [2.05, 4.69) is 16.0 Å². The summed E-state index contributed by atoms with van der Waals surface area (Å²) in [6, 6.07) is 14.0. The lowest BCUT2D eigenvalue weighted by atomic mass is 9.92. The Morgan fingerprint density at radius 2 is 1.96 bits per heavy atom. The van der Waals surface area contributed by atoms with Gasteiger partial charge in [0.15, 0.2) is 0 Å². The summed E-state index contributed by atoms with van der Waals surface area (Å²) in [6.07, 6.45) is 2.29. The zero-order valence-corrected chi connectivity index (χ0v) is 14.2. The summed E-state index contributed by atoms with van der Waals surface area (Å²) in [7, 11) is 0. The standard InChI is InChI=1S/C19H20ClN3O/c20-16-6-4-14(5-7-16)9-19(24)23-11-15-10-22(18(15)13-23)12-17-3-1-2-8-21-17/h1-8,15,18H,9-13H2/t15-,18-/m0/s1. The van der Waals surface area contributed by atoms with Crippen molar-refractivity contribution >= 4 is 17.5 Å². The van der Waals surface area contributed by atoms with Gasteiger partial charge in [-0.2, -0.15) is 0 Å². The maximum atomic E-state index is 12.5. The molecular weight excluding hydrogens is 322 g/mol. The molecule has 0 spiro atoms. The van der Waals surface area contributed by atoms with Crippen LogP contribution in [-0.2, 0) is 17.8 Å². The second kappa shape index (κ2) is 6.54. The molecule has 1 aromatic carbocycles. The number of hydrogen-bond donors (Lipinski definition) is 0. The molecule has 2 saturated heterocycles. The van der Waals surface area contributed by atoms with Crippen molar-refractivity contribution in [3.63, 3.8) is 0 Å².